The van der Waals surface area contributed by atoms with Gasteiger partial charge in [-0.25, -0.2) is 18.6 Å². The summed E-state index contributed by atoms with van der Waals surface area (Å²) < 4.78 is 26.2. The Balaban J connectivity index is 2.02. The Hall–Kier alpha value is -2.02. The highest BCUT2D eigenvalue weighted by molar-refractivity contribution is 7.09. The molecule has 20 heavy (non-hydrogen) atoms. The van der Waals surface area contributed by atoms with Crippen molar-refractivity contribution in [3.63, 3.8) is 0 Å². The van der Waals surface area contributed by atoms with Crippen LogP contribution in [0.3, 0.4) is 0 Å². The zero-order valence-corrected chi connectivity index (χ0v) is 11.8. The van der Waals surface area contributed by atoms with Gasteiger partial charge in [-0.1, -0.05) is 0 Å². The van der Waals surface area contributed by atoms with Crippen molar-refractivity contribution in [1.82, 2.24) is 9.88 Å². The Morgan fingerprint density at radius 1 is 1.45 bits per heavy atom. The molecule has 0 unspecified atom stereocenters. The van der Waals surface area contributed by atoms with Crippen LogP contribution in [0.15, 0.2) is 23.7 Å². The number of amides is 2. The minimum absolute atomic E-state index is 0.0516. The molecule has 0 saturated carbocycles. The molecule has 1 N–H and O–H groups in total. The van der Waals surface area contributed by atoms with Crippen molar-refractivity contribution in [2.45, 2.75) is 13.5 Å². The predicted octanol–water partition coefficient (Wildman–Crippen LogP) is 3.39. The molecule has 0 bridgehead atoms. The van der Waals surface area contributed by atoms with E-state index in [0.717, 1.165) is 22.7 Å². The van der Waals surface area contributed by atoms with Crippen LogP contribution in [-0.2, 0) is 6.54 Å². The van der Waals surface area contributed by atoms with Crippen LogP contribution in [0.5, 0.6) is 0 Å². The Bertz CT molecular complexity index is 630. The minimum Gasteiger partial charge on any atom is -0.322 e. The van der Waals surface area contributed by atoms with E-state index in [0.29, 0.717) is 6.54 Å². The van der Waals surface area contributed by atoms with Gasteiger partial charge in [0.15, 0.2) is 0 Å². The minimum atomic E-state index is -0.805. The largest absolute Gasteiger partial charge is 0.322 e. The fraction of sp³-hybridized carbons (Fsp3) is 0.231. The molecule has 0 radical (unpaired) electrons. The van der Waals surface area contributed by atoms with E-state index in [-0.39, 0.29) is 5.69 Å². The van der Waals surface area contributed by atoms with Gasteiger partial charge in [0.2, 0.25) is 0 Å². The van der Waals surface area contributed by atoms with E-state index in [9.17, 15) is 13.6 Å². The van der Waals surface area contributed by atoms with Crippen molar-refractivity contribution in [3.05, 3.63) is 45.9 Å². The van der Waals surface area contributed by atoms with E-state index >= 15 is 0 Å². The molecular weight excluding hydrogens is 284 g/mol. The third-order valence-electron chi connectivity index (χ3n) is 2.75. The van der Waals surface area contributed by atoms with Crippen LogP contribution in [-0.4, -0.2) is 23.0 Å². The quantitative estimate of drug-likeness (QED) is 0.943. The molecule has 0 aliphatic heterocycles. The highest BCUT2D eigenvalue weighted by Gasteiger charge is 2.14. The molecule has 4 nitrogen and oxygen atoms in total. The number of urea groups is 1. The number of aryl methyl sites for hydroxylation is 1. The molecule has 0 saturated heterocycles. The number of carbonyl (C=O) groups excluding carboxylic acids is 1. The summed E-state index contributed by atoms with van der Waals surface area (Å²) in [6.07, 6.45) is 0. The van der Waals surface area contributed by atoms with Crippen molar-refractivity contribution < 1.29 is 13.6 Å². The molecule has 1 heterocycles. The third-order valence-corrected chi connectivity index (χ3v) is 3.66. The van der Waals surface area contributed by atoms with Crippen LogP contribution in [0.1, 0.15) is 10.6 Å². The number of carbonyl (C=O) groups is 1. The van der Waals surface area contributed by atoms with Gasteiger partial charge in [-0.2, -0.15) is 0 Å². The molecule has 2 amide bonds. The number of hydrogen-bond donors (Lipinski definition) is 1. The molecule has 106 valence electrons. The molecule has 0 aliphatic carbocycles. The molecule has 1 aromatic heterocycles. The number of aromatic nitrogens is 1. The van der Waals surface area contributed by atoms with E-state index in [2.05, 4.69) is 10.3 Å². The van der Waals surface area contributed by atoms with Crippen LogP contribution in [0.25, 0.3) is 0 Å². The van der Waals surface area contributed by atoms with Crippen LogP contribution in [0, 0.1) is 18.6 Å². The second kappa shape index (κ2) is 5.96. The first-order valence-electron chi connectivity index (χ1n) is 5.83. The van der Waals surface area contributed by atoms with Gasteiger partial charge in [0.1, 0.15) is 11.6 Å². The van der Waals surface area contributed by atoms with Crippen LogP contribution < -0.4 is 5.32 Å². The highest BCUT2D eigenvalue weighted by atomic mass is 32.1. The third kappa shape index (κ3) is 3.30. The number of benzene rings is 1. The standard InChI is InChI=1S/C13H13F2N3OS/c1-8-12(20-7-16-8)6-18(2)13(19)17-11-4-3-9(14)5-10(11)15/h3-5,7H,6H2,1-2H3,(H,17,19). The average molecular weight is 297 g/mol. The number of hydrogen-bond acceptors (Lipinski definition) is 3. The molecular formula is C13H13F2N3OS. The van der Waals surface area contributed by atoms with Gasteiger partial charge in [-0.15, -0.1) is 11.3 Å². The lowest BCUT2D eigenvalue weighted by atomic mass is 10.3. The molecule has 2 aromatic rings. The lowest BCUT2D eigenvalue weighted by Crippen LogP contribution is -2.31. The first kappa shape index (κ1) is 14.4. The van der Waals surface area contributed by atoms with Gasteiger partial charge in [0, 0.05) is 18.0 Å². The second-order valence-electron chi connectivity index (χ2n) is 4.27. The summed E-state index contributed by atoms with van der Waals surface area (Å²) in [6, 6.07) is 2.53. The number of nitrogens with one attached hydrogen (secondary N) is 1. The van der Waals surface area contributed by atoms with E-state index in [1.165, 1.54) is 22.3 Å². The van der Waals surface area contributed by atoms with Gasteiger partial charge >= 0.3 is 6.03 Å². The second-order valence-corrected chi connectivity index (χ2v) is 5.21. The number of thiazole rings is 1. The van der Waals surface area contributed by atoms with Gasteiger partial charge in [0.25, 0.3) is 0 Å². The van der Waals surface area contributed by atoms with Crippen LogP contribution in [0.2, 0.25) is 0 Å². The Morgan fingerprint density at radius 3 is 2.80 bits per heavy atom. The smallest absolute Gasteiger partial charge is 0.321 e. The van der Waals surface area contributed by atoms with Gasteiger partial charge < -0.3 is 10.2 Å². The maximum atomic E-state index is 13.4. The molecule has 0 atom stereocenters. The average Bonchev–Trinajstić information content (AvgIpc) is 2.78. The number of halogens is 2. The molecule has 2 rings (SSSR count). The number of rotatable bonds is 3. The van der Waals surface area contributed by atoms with Gasteiger partial charge in [-0.05, 0) is 19.1 Å². The van der Waals surface area contributed by atoms with Crippen molar-refractivity contribution in [3.8, 4) is 0 Å². The maximum Gasteiger partial charge on any atom is 0.321 e. The Morgan fingerprint density at radius 2 is 2.20 bits per heavy atom. The van der Waals surface area contributed by atoms with Crippen molar-refractivity contribution in [1.29, 1.82) is 0 Å². The Labute approximate surface area is 119 Å². The molecule has 1 aromatic carbocycles. The lowest BCUT2D eigenvalue weighted by Gasteiger charge is -2.17. The number of anilines is 1. The monoisotopic (exact) mass is 297 g/mol. The van der Waals surface area contributed by atoms with E-state index in [4.69, 9.17) is 0 Å². The SMILES string of the molecule is Cc1ncsc1CN(C)C(=O)Nc1ccc(F)cc1F. The summed E-state index contributed by atoms with van der Waals surface area (Å²) in [5.41, 5.74) is 2.52. The zero-order valence-electron chi connectivity index (χ0n) is 11.0. The van der Waals surface area contributed by atoms with E-state index < -0.39 is 17.7 Å². The van der Waals surface area contributed by atoms with E-state index in [1.807, 2.05) is 6.92 Å². The van der Waals surface area contributed by atoms with Crippen molar-refractivity contribution in [2.24, 2.45) is 0 Å². The fourth-order valence-electron chi connectivity index (χ4n) is 1.57. The van der Waals surface area contributed by atoms with Crippen molar-refractivity contribution in [2.75, 3.05) is 12.4 Å². The molecule has 0 aliphatic rings. The first-order valence-corrected chi connectivity index (χ1v) is 6.71. The summed E-state index contributed by atoms with van der Waals surface area (Å²) in [5, 5.41) is 2.40. The topological polar surface area (TPSA) is 45.2 Å². The van der Waals surface area contributed by atoms with Crippen LogP contribution >= 0.6 is 11.3 Å². The summed E-state index contributed by atoms with van der Waals surface area (Å²) in [4.78, 5) is 18.4. The zero-order chi connectivity index (χ0) is 14.7. The lowest BCUT2D eigenvalue weighted by molar-refractivity contribution is 0.221. The fourth-order valence-corrected chi connectivity index (χ4v) is 2.40. The summed E-state index contributed by atoms with van der Waals surface area (Å²) in [5.74, 6) is -1.49. The predicted molar refractivity (Wildman–Crippen MR) is 73.7 cm³/mol. The molecule has 0 fully saturated rings. The Kier molecular flexibility index (Phi) is 4.29. The first-order chi connectivity index (χ1) is 9.47. The van der Waals surface area contributed by atoms with E-state index in [1.54, 1.807) is 12.6 Å². The molecule has 7 heteroatoms. The summed E-state index contributed by atoms with van der Waals surface area (Å²) >= 11 is 1.45. The summed E-state index contributed by atoms with van der Waals surface area (Å²) in [7, 11) is 1.59. The number of nitrogens with zero attached hydrogens (tertiary/aromatic N) is 2. The summed E-state index contributed by atoms with van der Waals surface area (Å²) in [6.45, 7) is 2.24. The van der Waals surface area contributed by atoms with Crippen LogP contribution in [0.4, 0.5) is 19.3 Å². The highest BCUT2D eigenvalue weighted by Crippen LogP contribution is 2.17. The maximum absolute atomic E-state index is 13.4. The normalized spacial score (nSPS) is 10.4. The van der Waals surface area contributed by atoms with Gasteiger partial charge in [0.05, 0.1) is 23.4 Å². The van der Waals surface area contributed by atoms with Crippen molar-refractivity contribution >= 4 is 23.1 Å². The van der Waals surface area contributed by atoms with Gasteiger partial charge in [-0.3, -0.25) is 0 Å². The molecule has 0 spiro atoms.